The summed E-state index contributed by atoms with van der Waals surface area (Å²) >= 11 is 5.93. The highest BCUT2D eigenvalue weighted by Crippen LogP contribution is 2.26. The average Bonchev–Trinajstić information content (AvgIpc) is 3.19. The Kier molecular flexibility index (Phi) is 5.26. The normalized spacial score (nSPS) is 17.4. The Morgan fingerprint density at radius 2 is 2.14 bits per heavy atom. The quantitative estimate of drug-likeness (QED) is 0.273. The van der Waals surface area contributed by atoms with E-state index in [2.05, 4.69) is 30.5 Å². The van der Waals surface area contributed by atoms with Crippen LogP contribution in [0.25, 0.3) is 11.0 Å². The van der Waals surface area contributed by atoms with Crippen LogP contribution >= 0.6 is 11.6 Å². The lowest BCUT2D eigenvalue weighted by molar-refractivity contribution is 0.505. The zero-order chi connectivity index (χ0) is 19.3. The lowest BCUT2D eigenvalue weighted by atomic mass is 10.1. The number of hydrogen-bond acceptors (Lipinski definition) is 5. The minimum Gasteiger partial charge on any atom is -0.354 e. The number of benzene rings is 1. The zero-order valence-corrected chi connectivity index (χ0v) is 15.8. The predicted octanol–water partition coefficient (Wildman–Crippen LogP) is 3.12. The Labute approximate surface area is 167 Å². The Hall–Kier alpha value is -3.31. The van der Waals surface area contributed by atoms with Crippen LogP contribution in [0.5, 0.6) is 0 Å². The van der Waals surface area contributed by atoms with Crippen molar-refractivity contribution in [1.29, 1.82) is 5.26 Å². The van der Waals surface area contributed by atoms with Gasteiger partial charge >= 0.3 is 0 Å². The highest BCUT2D eigenvalue weighted by atomic mass is 35.5. The Bertz CT molecular complexity index is 1020. The number of aliphatic imine (C=N–C) groups is 1. The Morgan fingerprint density at radius 1 is 1.29 bits per heavy atom. The van der Waals surface area contributed by atoms with Gasteiger partial charge in [0.2, 0.25) is 5.96 Å². The van der Waals surface area contributed by atoms with Crippen molar-refractivity contribution >= 4 is 40.1 Å². The molecule has 1 aliphatic heterocycles. The van der Waals surface area contributed by atoms with Crippen LogP contribution in [0.4, 0.5) is 11.5 Å². The molecule has 2 aromatic heterocycles. The van der Waals surface area contributed by atoms with E-state index in [1.54, 1.807) is 18.5 Å². The van der Waals surface area contributed by atoms with E-state index in [-0.39, 0.29) is 6.04 Å². The van der Waals surface area contributed by atoms with Gasteiger partial charge in [-0.25, -0.2) is 15.0 Å². The molecule has 0 bridgehead atoms. The van der Waals surface area contributed by atoms with Gasteiger partial charge in [0.05, 0.1) is 11.4 Å². The number of piperidine rings is 1. The molecular formula is C19H19ClN8. The largest absolute Gasteiger partial charge is 0.354 e. The van der Waals surface area contributed by atoms with Gasteiger partial charge in [-0.3, -0.25) is 5.32 Å². The number of anilines is 2. The number of aromatic amines is 1. The van der Waals surface area contributed by atoms with E-state index >= 15 is 0 Å². The van der Waals surface area contributed by atoms with Gasteiger partial charge in [0.25, 0.3) is 0 Å². The standard InChI is InChI=1S/C19H19ClN8/c20-13-3-5-14(6-4-13)26-19(23-11-21)27-15-2-1-9-28(10-15)18-16-7-8-22-17(16)24-12-25-18/h3-8,12,15H,1-2,9-10H2,(H,22,24,25)(H2,23,26,27). The molecule has 1 fully saturated rings. The summed E-state index contributed by atoms with van der Waals surface area (Å²) < 4.78 is 0. The first-order chi connectivity index (χ1) is 13.7. The van der Waals surface area contributed by atoms with Crippen molar-refractivity contribution in [2.24, 2.45) is 4.99 Å². The summed E-state index contributed by atoms with van der Waals surface area (Å²) in [6.45, 7) is 1.63. The Balaban J connectivity index is 1.53. The Morgan fingerprint density at radius 3 is 2.96 bits per heavy atom. The van der Waals surface area contributed by atoms with Crippen LogP contribution in [-0.2, 0) is 0 Å². The monoisotopic (exact) mass is 394 g/mol. The van der Waals surface area contributed by atoms with E-state index in [4.69, 9.17) is 21.9 Å². The maximum Gasteiger partial charge on any atom is 0.209 e. The molecular weight excluding hydrogens is 376 g/mol. The third-order valence-electron chi connectivity index (χ3n) is 4.62. The van der Waals surface area contributed by atoms with E-state index in [1.807, 2.05) is 30.6 Å². The number of nitrogens with one attached hydrogen (secondary N) is 3. The summed E-state index contributed by atoms with van der Waals surface area (Å²) in [5, 5.41) is 16.5. The van der Waals surface area contributed by atoms with Crippen LogP contribution < -0.4 is 15.5 Å². The van der Waals surface area contributed by atoms with E-state index < -0.39 is 0 Å². The van der Waals surface area contributed by atoms with Gasteiger partial charge in [-0.05, 0) is 43.2 Å². The summed E-state index contributed by atoms with van der Waals surface area (Å²) in [6, 6.07) is 9.28. The molecule has 1 unspecified atom stereocenters. The maximum absolute atomic E-state index is 9.08. The highest BCUT2D eigenvalue weighted by molar-refractivity contribution is 6.30. The molecule has 3 N–H and O–H groups in total. The SMILES string of the molecule is N#CNC(=NC1CCCN(c2ncnc3[nH]ccc23)C1)Nc1ccc(Cl)cc1. The number of hydrogen-bond donors (Lipinski definition) is 3. The summed E-state index contributed by atoms with van der Waals surface area (Å²) in [6.07, 6.45) is 7.32. The summed E-state index contributed by atoms with van der Waals surface area (Å²) in [4.78, 5) is 18.8. The highest BCUT2D eigenvalue weighted by Gasteiger charge is 2.23. The first-order valence-corrected chi connectivity index (χ1v) is 9.39. The van der Waals surface area contributed by atoms with Gasteiger partial charge in [-0.2, -0.15) is 5.26 Å². The van der Waals surface area contributed by atoms with Crippen molar-refractivity contribution in [3.63, 3.8) is 0 Å². The number of H-pyrrole nitrogens is 1. The van der Waals surface area contributed by atoms with Crippen molar-refractivity contribution in [3.05, 3.63) is 47.9 Å². The number of aromatic nitrogens is 3. The topological polar surface area (TPSA) is 105 Å². The number of nitriles is 1. The molecule has 1 aromatic carbocycles. The van der Waals surface area contributed by atoms with E-state index in [0.717, 1.165) is 48.5 Å². The molecule has 142 valence electrons. The fourth-order valence-electron chi connectivity index (χ4n) is 3.36. The lowest BCUT2D eigenvalue weighted by Gasteiger charge is -2.32. The van der Waals surface area contributed by atoms with Gasteiger partial charge in [0.15, 0.2) is 6.19 Å². The molecule has 3 heterocycles. The molecule has 1 saturated heterocycles. The van der Waals surface area contributed by atoms with Gasteiger partial charge in [0.1, 0.15) is 17.8 Å². The van der Waals surface area contributed by atoms with Gasteiger partial charge in [0, 0.05) is 30.0 Å². The van der Waals surface area contributed by atoms with Crippen molar-refractivity contribution in [2.45, 2.75) is 18.9 Å². The third-order valence-corrected chi connectivity index (χ3v) is 4.87. The van der Waals surface area contributed by atoms with Gasteiger partial charge < -0.3 is 15.2 Å². The van der Waals surface area contributed by atoms with Gasteiger partial charge in [-0.1, -0.05) is 11.6 Å². The predicted molar refractivity (Wildman–Crippen MR) is 110 cm³/mol. The minimum atomic E-state index is 0.0355. The second-order valence-corrected chi connectivity index (χ2v) is 6.96. The summed E-state index contributed by atoms with van der Waals surface area (Å²) in [5.74, 6) is 1.33. The molecule has 3 aromatic rings. The summed E-state index contributed by atoms with van der Waals surface area (Å²) in [7, 11) is 0. The minimum absolute atomic E-state index is 0.0355. The number of rotatable bonds is 3. The van der Waals surface area contributed by atoms with Gasteiger partial charge in [-0.15, -0.1) is 0 Å². The fraction of sp³-hybridized carbons (Fsp3) is 0.263. The second-order valence-electron chi connectivity index (χ2n) is 6.53. The number of halogens is 1. The summed E-state index contributed by atoms with van der Waals surface area (Å²) in [5.41, 5.74) is 1.63. The van der Waals surface area contributed by atoms with Crippen LogP contribution in [0.3, 0.4) is 0 Å². The average molecular weight is 395 g/mol. The first kappa shape index (κ1) is 18.1. The van der Waals surface area contributed by atoms with Crippen LogP contribution in [0.1, 0.15) is 12.8 Å². The smallest absolute Gasteiger partial charge is 0.209 e. The van der Waals surface area contributed by atoms with E-state index in [0.29, 0.717) is 11.0 Å². The molecule has 0 radical (unpaired) electrons. The van der Waals surface area contributed by atoms with Crippen molar-refractivity contribution in [2.75, 3.05) is 23.3 Å². The van der Waals surface area contributed by atoms with E-state index in [1.165, 1.54) is 0 Å². The van der Waals surface area contributed by atoms with Crippen molar-refractivity contribution in [1.82, 2.24) is 20.3 Å². The maximum atomic E-state index is 9.08. The molecule has 0 aliphatic carbocycles. The number of guanidine groups is 1. The van der Waals surface area contributed by atoms with Crippen LogP contribution in [0.2, 0.25) is 5.02 Å². The molecule has 0 saturated carbocycles. The molecule has 1 atom stereocenters. The van der Waals surface area contributed by atoms with Crippen molar-refractivity contribution < 1.29 is 0 Å². The number of nitrogens with zero attached hydrogens (tertiary/aromatic N) is 5. The fourth-order valence-corrected chi connectivity index (χ4v) is 3.49. The van der Waals surface area contributed by atoms with Crippen LogP contribution in [0, 0.1) is 11.5 Å². The van der Waals surface area contributed by atoms with Crippen LogP contribution in [0.15, 0.2) is 47.8 Å². The third kappa shape index (κ3) is 4.00. The molecule has 4 rings (SSSR count). The second kappa shape index (κ2) is 8.15. The van der Waals surface area contributed by atoms with E-state index in [9.17, 15) is 0 Å². The van der Waals surface area contributed by atoms with Crippen LogP contribution in [-0.4, -0.2) is 40.0 Å². The molecule has 0 spiro atoms. The molecule has 1 aliphatic rings. The molecule has 28 heavy (non-hydrogen) atoms. The van der Waals surface area contributed by atoms with Crippen molar-refractivity contribution in [3.8, 4) is 6.19 Å². The molecule has 8 nitrogen and oxygen atoms in total. The molecule has 0 amide bonds. The molecule has 9 heteroatoms. The number of fused-ring (bicyclic) bond motifs is 1. The first-order valence-electron chi connectivity index (χ1n) is 9.01. The lowest BCUT2D eigenvalue weighted by Crippen LogP contribution is -2.40. The zero-order valence-electron chi connectivity index (χ0n) is 15.1.